The van der Waals surface area contributed by atoms with Gasteiger partial charge in [0.25, 0.3) is 5.91 Å². The SMILES string of the molecule is Cl.O=C(NCC1CNC1)c1cnn(-c2ccccc2)n1. The maximum atomic E-state index is 11.9. The van der Waals surface area contributed by atoms with Crippen LogP contribution in [-0.4, -0.2) is 40.5 Å². The number of hydrogen-bond donors (Lipinski definition) is 2. The summed E-state index contributed by atoms with van der Waals surface area (Å²) in [5.41, 5.74) is 1.18. The number of para-hydroxylation sites is 1. The zero-order valence-electron chi connectivity index (χ0n) is 10.8. The molecule has 1 aliphatic rings. The Bertz CT molecular complexity index is 567. The van der Waals surface area contributed by atoms with Gasteiger partial charge in [0, 0.05) is 25.6 Å². The van der Waals surface area contributed by atoms with E-state index in [1.807, 2.05) is 30.3 Å². The minimum absolute atomic E-state index is 0. The first-order chi connectivity index (χ1) is 9.33. The van der Waals surface area contributed by atoms with Crippen molar-refractivity contribution >= 4 is 18.3 Å². The van der Waals surface area contributed by atoms with Crippen molar-refractivity contribution in [1.29, 1.82) is 0 Å². The van der Waals surface area contributed by atoms with Gasteiger partial charge in [-0.2, -0.15) is 9.90 Å². The largest absolute Gasteiger partial charge is 0.350 e. The molecule has 2 N–H and O–H groups in total. The molecule has 1 aliphatic heterocycles. The standard InChI is InChI=1S/C13H15N5O.ClH/c19-13(15-8-10-6-14-7-10)12-9-16-18(17-12)11-4-2-1-3-5-11;/h1-5,9-10,14H,6-8H2,(H,15,19);1H. The van der Waals surface area contributed by atoms with Gasteiger partial charge in [-0.1, -0.05) is 18.2 Å². The molecule has 0 spiro atoms. The van der Waals surface area contributed by atoms with Crippen molar-refractivity contribution in [3.05, 3.63) is 42.2 Å². The molecule has 0 atom stereocenters. The number of amides is 1. The quantitative estimate of drug-likeness (QED) is 0.868. The summed E-state index contributed by atoms with van der Waals surface area (Å²) in [6.07, 6.45) is 1.49. The van der Waals surface area contributed by atoms with Gasteiger partial charge in [0.1, 0.15) is 0 Å². The topological polar surface area (TPSA) is 71.8 Å². The number of nitrogens with zero attached hydrogens (tertiary/aromatic N) is 3. The van der Waals surface area contributed by atoms with Crippen LogP contribution in [0.25, 0.3) is 5.69 Å². The maximum Gasteiger partial charge on any atom is 0.273 e. The molecular weight excluding hydrogens is 278 g/mol. The van der Waals surface area contributed by atoms with E-state index in [-0.39, 0.29) is 18.3 Å². The summed E-state index contributed by atoms with van der Waals surface area (Å²) in [5, 5.41) is 14.3. The minimum atomic E-state index is -0.172. The molecule has 106 valence electrons. The van der Waals surface area contributed by atoms with Crippen LogP contribution in [0.4, 0.5) is 0 Å². The fourth-order valence-electron chi connectivity index (χ4n) is 1.87. The number of carbonyl (C=O) groups excluding carboxylic acids is 1. The predicted octanol–water partition coefficient (Wildman–Crippen LogP) is 0.638. The van der Waals surface area contributed by atoms with Gasteiger partial charge in [-0.3, -0.25) is 4.79 Å². The Morgan fingerprint density at radius 1 is 1.35 bits per heavy atom. The second kappa shape index (κ2) is 6.49. The number of halogens is 1. The summed E-state index contributed by atoms with van der Waals surface area (Å²) in [5.74, 6) is 0.363. The molecule has 2 aromatic rings. The van der Waals surface area contributed by atoms with Crippen LogP contribution in [0.15, 0.2) is 36.5 Å². The van der Waals surface area contributed by atoms with E-state index in [1.165, 1.54) is 11.0 Å². The molecular formula is C13H16ClN5O. The lowest BCUT2D eigenvalue weighted by molar-refractivity contribution is 0.0937. The number of benzene rings is 1. The summed E-state index contributed by atoms with van der Waals surface area (Å²) in [4.78, 5) is 13.3. The smallest absolute Gasteiger partial charge is 0.273 e. The molecule has 1 amide bonds. The minimum Gasteiger partial charge on any atom is -0.350 e. The molecule has 7 heteroatoms. The second-order valence-corrected chi connectivity index (χ2v) is 4.59. The van der Waals surface area contributed by atoms with Gasteiger partial charge >= 0.3 is 0 Å². The van der Waals surface area contributed by atoms with Crippen LogP contribution >= 0.6 is 12.4 Å². The summed E-state index contributed by atoms with van der Waals surface area (Å²) < 4.78 is 0. The number of aromatic nitrogens is 3. The van der Waals surface area contributed by atoms with Crippen molar-refractivity contribution in [3.8, 4) is 5.69 Å². The van der Waals surface area contributed by atoms with Gasteiger partial charge in [0.15, 0.2) is 5.69 Å². The third-order valence-corrected chi connectivity index (χ3v) is 3.13. The average molecular weight is 294 g/mol. The molecule has 0 saturated carbocycles. The molecule has 1 saturated heterocycles. The molecule has 1 aromatic carbocycles. The van der Waals surface area contributed by atoms with Crippen LogP contribution in [0.3, 0.4) is 0 Å². The molecule has 2 heterocycles. The average Bonchev–Trinajstić information content (AvgIpc) is 2.87. The fraction of sp³-hybridized carbons (Fsp3) is 0.308. The van der Waals surface area contributed by atoms with E-state index in [4.69, 9.17) is 0 Å². The van der Waals surface area contributed by atoms with Crippen molar-refractivity contribution in [1.82, 2.24) is 25.6 Å². The van der Waals surface area contributed by atoms with Gasteiger partial charge in [0.2, 0.25) is 0 Å². The first kappa shape index (κ1) is 14.5. The number of rotatable bonds is 4. The predicted molar refractivity (Wildman–Crippen MR) is 77.3 cm³/mol. The Balaban J connectivity index is 0.00000147. The Labute approximate surface area is 123 Å². The summed E-state index contributed by atoms with van der Waals surface area (Å²) in [6.45, 7) is 2.62. The van der Waals surface area contributed by atoms with E-state index in [0.29, 0.717) is 18.2 Å². The van der Waals surface area contributed by atoms with Crippen LogP contribution in [0.1, 0.15) is 10.5 Å². The van der Waals surface area contributed by atoms with E-state index in [2.05, 4.69) is 20.8 Å². The molecule has 0 aliphatic carbocycles. The zero-order chi connectivity index (χ0) is 13.1. The van der Waals surface area contributed by atoms with Gasteiger partial charge in [-0.05, 0) is 12.1 Å². The maximum absolute atomic E-state index is 11.9. The first-order valence-corrected chi connectivity index (χ1v) is 6.29. The lowest BCUT2D eigenvalue weighted by atomic mass is 10.0. The van der Waals surface area contributed by atoms with Crippen LogP contribution in [0.5, 0.6) is 0 Å². The van der Waals surface area contributed by atoms with Crippen molar-refractivity contribution in [2.75, 3.05) is 19.6 Å². The Morgan fingerprint density at radius 2 is 2.10 bits per heavy atom. The number of hydrogen-bond acceptors (Lipinski definition) is 4. The molecule has 6 nitrogen and oxygen atoms in total. The highest BCUT2D eigenvalue weighted by atomic mass is 35.5. The monoisotopic (exact) mass is 293 g/mol. The molecule has 1 fully saturated rings. The molecule has 0 bridgehead atoms. The Kier molecular flexibility index (Phi) is 4.70. The van der Waals surface area contributed by atoms with Crippen molar-refractivity contribution in [2.24, 2.45) is 5.92 Å². The van der Waals surface area contributed by atoms with E-state index < -0.39 is 0 Å². The van der Waals surface area contributed by atoms with Gasteiger partial charge < -0.3 is 10.6 Å². The normalized spacial score (nSPS) is 14.2. The third-order valence-electron chi connectivity index (χ3n) is 3.13. The van der Waals surface area contributed by atoms with E-state index in [0.717, 1.165) is 18.8 Å². The highest BCUT2D eigenvalue weighted by Gasteiger charge is 2.18. The lowest BCUT2D eigenvalue weighted by Crippen LogP contribution is -2.48. The molecule has 0 radical (unpaired) electrons. The van der Waals surface area contributed by atoms with Gasteiger partial charge in [-0.15, -0.1) is 17.5 Å². The highest BCUT2D eigenvalue weighted by molar-refractivity contribution is 5.91. The second-order valence-electron chi connectivity index (χ2n) is 4.59. The van der Waals surface area contributed by atoms with E-state index >= 15 is 0 Å². The molecule has 0 unspecified atom stereocenters. The summed E-state index contributed by atoms with van der Waals surface area (Å²) in [6, 6.07) is 9.51. The first-order valence-electron chi connectivity index (χ1n) is 6.29. The van der Waals surface area contributed by atoms with Crippen molar-refractivity contribution in [3.63, 3.8) is 0 Å². The van der Waals surface area contributed by atoms with Crippen LogP contribution in [-0.2, 0) is 0 Å². The van der Waals surface area contributed by atoms with E-state index in [9.17, 15) is 4.79 Å². The van der Waals surface area contributed by atoms with E-state index in [1.54, 1.807) is 0 Å². The van der Waals surface area contributed by atoms with Crippen LogP contribution in [0.2, 0.25) is 0 Å². The van der Waals surface area contributed by atoms with Crippen LogP contribution < -0.4 is 10.6 Å². The van der Waals surface area contributed by atoms with Crippen molar-refractivity contribution in [2.45, 2.75) is 0 Å². The fourth-order valence-corrected chi connectivity index (χ4v) is 1.87. The highest BCUT2D eigenvalue weighted by Crippen LogP contribution is 2.05. The van der Waals surface area contributed by atoms with Gasteiger partial charge in [-0.25, -0.2) is 0 Å². The third kappa shape index (κ3) is 3.15. The Hall–Kier alpha value is -1.92. The molecule has 1 aromatic heterocycles. The summed E-state index contributed by atoms with van der Waals surface area (Å²) in [7, 11) is 0. The Morgan fingerprint density at radius 3 is 2.75 bits per heavy atom. The van der Waals surface area contributed by atoms with Crippen LogP contribution in [0, 0.1) is 5.92 Å². The van der Waals surface area contributed by atoms with Gasteiger partial charge in [0.05, 0.1) is 11.9 Å². The number of nitrogens with one attached hydrogen (secondary N) is 2. The number of carbonyl (C=O) groups is 1. The van der Waals surface area contributed by atoms with Crippen molar-refractivity contribution < 1.29 is 4.79 Å². The molecule has 3 rings (SSSR count). The molecule has 20 heavy (non-hydrogen) atoms. The lowest BCUT2D eigenvalue weighted by Gasteiger charge is -2.26. The zero-order valence-corrected chi connectivity index (χ0v) is 11.6. The summed E-state index contributed by atoms with van der Waals surface area (Å²) >= 11 is 0.